The van der Waals surface area contributed by atoms with Gasteiger partial charge in [0.1, 0.15) is 5.82 Å². The van der Waals surface area contributed by atoms with Crippen LogP contribution in [0.5, 0.6) is 0 Å². The summed E-state index contributed by atoms with van der Waals surface area (Å²) in [7, 11) is -3.89. The lowest BCUT2D eigenvalue weighted by Gasteiger charge is -2.14. The lowest BCUT2D eigenvalue weighted by molar-refractivity contribution is 0.182. The smallest absolute Gasteiger partial charge is 0.240 e. The van der Waals surface area contributed by atoms with E-state index in [4.69, 9.17) is 11.6 Å². The van der Waals surface area contributed by atoms with Gasteiger partial charge in [0.05, 0.1) is 11.0 Å². The van der Waals surface area contributed by atoms with E-state index in [0.29, 0.717) is 10.6 Å². The highest BCUT2D eigenvalue weighted by Gasteiger charge is 2.18. The van der Waals surface area contributed by atoms with E-state index in [-0.39, 0.29) is 11.4 Å². The maximum Gasteiger partial charge on any atom is 0.240 e. The minimum atomic E-state index is -3.89. The Balaban J connectivity index is 2.10. The minimum absolute atomic E-state index is 0.200. The summed E-state index contributed by atoms with van der Waals surface area (Å²) in [6.07, 6.45) is -1.10. The summed E-state index contributed by atoms with van der Waals surface area (Å²) in [5.41, 5.74) is 0.418. The molecule has 1 atom stereocenters. The molecule has 0 saturated heterocycles. The molecule has 4 nitrogen and oxygen atoms in total. The summed E-state index contributed by atoms with van der Waals surface area (Å²) in [5, 5.41) is 10.3. The Hall–Kier alpha value is -1.47. The second kappa shape index (κ2) is 6.53. The number of rotatable bonds is 5. The van der Waals surface area contributed by atoms with Gasteiger partial charge in [0, 0.05) is 17.1 Å². The molecule has 0 aromatic heterocycles. The van der Waals surface area contributed by atoms with Crippen LogP contribution in [-0.4, -0.2) is 20.1 Å². The molecule has 2 aromatic rings. The van der Waals surface area contributed by atoms with Crippen molar-refractivity contribution in [3.05, 3.63) is 64.9 Å². The molecule has 0 bridgehead atoms. The molecule has 0 fully saturated rings. The molecule has 0 aliphatic rings. The van der Waals surface area contributed by atoms with Gasteiger partial charge >= 0.3 is 0 Å². The van der Waals surface area contributed by atoms with Gasteiger partial charge in [-0.05, 0) is 24.3 Å². The van der Waals surface area contributed by atoms with E-state index in [9.17, 15) is 17.9 Å². The van der Waals surface area contributed by atoms with Crippen molar-refractivity contribution in [1.82, 2.24) is 4.72 Å². The molecule has 7 heteroatoms. The van der Waals surface area contributed by atoms with E-state index in [1.54, 1.807) is 24.3 Å². The van der Waals surface area contributed by atoms with E-state index in [0.717, 1.165) is 12.1 Å². The Morgan fingerprint density at radius 2 is 1.90 bits per heavy atom. The molecule has 0 spiro atoms. The van der Waals surface area contributed by atoms with Crippen LogP contribution in [0.15, 0.2) is 53.4 Å². The van der Waals surface area contributed by atoms with Crippen LogP contribution in [-0.2, 0) is 10.0 Å². The average molecular weight is 330 g/mol. The van der Waals surface area contributed by atoms with Gasteiger partial charge in [-0.2, -0.15) is 0 Å². The Kier molecular flexibility index (Phi) is 4.95. The second-order valence-corrected chi connectivity index (χ2v) is 6.52. The lowest BCUT2D eigenvalue weighted by Crippen LogP contribution is -2.28. The van der Waals surface area contributed by atoms with Crippen molar-refractivity contribution in [3.8, 4) is 0 Å². The predicted molar refractivity (Wildman–Crippen MR) is 78.0 cm³/mol. The van der Waals surface area contributed by atoms with Crippen molar-refractivity contribution < 1.29 is 17.9 Å². The number of aliphatic hydroxyl groups excluding tert-OH is 1. The van der Waals surface area contributed by atoms with Gasteiger partial charge in [0.25, 0.3) is 0 Å². The van der Waals surface area contributed by atoms with Crippen molar-refractivity contribution >= 4 is 21.6 Å². The Morgan fingerprint density at radius 3 is 2.57 bits per heavy atom. The molecule has 21 heavy (non-hydrogen) atoms. The fourth-order valence-corrected chi connectivity index (χ4v) is 3.09. The number of hydrogen-bond acceptors (Lipinski definition) is 3. The highest BCUT2D eigenvalue weighted by Crippen LogP contribution is 2.22. The monoisotopic (exact) mass is 329 g/mol. The van der Waals surface area contributed by atoms with Gasteiger partial charge in [0.15, 0.2) is 0 Å². The highest BCUT2D eigenvalue weighted by molar-refractivity contribution is 7.89. The third-order valence-corrected chi connectivity index (χ3v) is 4.60. The molecular weight excluding hydrogens is 317 g/mol. The Labute approximate surface area is 127 Å². The largest absolute Gasteiger partial charge is 0.387 e. The molecule has 0 radical (unpaired) electrons. The van der Waals surface area contributed by atoms with E-state index < -0.39 is 21.9 Å². The van der Waals surface area contributed by atoms with E-state index in [2.05, 4.69) is 4.72 Å². The summed E-state index contributed by atoms with van der Waals surface area (Å²) in [6, 6.07) is 11.2. The van der Waals surface area contributed by atoms with Gasteiger partial charge in [0.2, 0.25) is 10.0 Å². The van der Waals surface area contributed by atoms with Crippen LogP contribution in [0.25, 0.3) is 0 Å². The van der Waals surface area contributed by atoms with E-state index >= 15 is 0 Å². The molecule has 2 aromatic carbocycles. The van der Waals surface area contributed by atoms with Gasteiger partial charge in [-0.15, -0.1) is 0 Å². The quantitative estimate of drug-likeness (QED) is 0.885. The number of nitrogens with one attached hydrogen (secondary N) is 1. The zero-order chi connectivity index (χ0) is 15.5. The van der Waals surface area contributed by atoms with Crippen molar-refractivity contribution in [2.24, 2.45) is 0 Å². The Morgan fingerprint density at radius 1 is 1.19 bits per heavy atom. The summed E-state index contributed by atoms with van der Waals surface area (Å²) in [6.45, 7) is -0.261. The lowest BCUT2D eigenvalue weighted by atomic mass is 10.1. The minimum Gasteiger partial charge on any atom is -0.387 e. The first-order chi connectivity index (χ1) is 9.90. The molecule has 2 rings (SSSR count). The normalized spacial score (nSPS) is 13.1. The van der Waals surface area contributed by atoms with Crippen LogP contribution in [0.2, 0.25) is 5.02 Å². The highest BCUT2D eigenvalue weighted by atomic mass is 35.5. The number of sulfonamides is 1. The van der Waals surface area contributed by atoms with Gasteiger partial charge in [-0.1, -0.05) is 35.9 Å². The summed E-state index contributed by atoms with van der Waals surface area (Å²) in [5.74, 6) is -0.649. The summed E-state index contributed by atoms with van der Waals surface area (Å²) >= 11 is 5.92. The maximum absolute atomic E-state index is 13.1. The number of hydrogen-bond donors (Lipinski definition) is 2. The molecule has 0 aliphatic carbocycles. The fraction of sp³-hybridized carbons (Fsp3) is 0.143. The molecule has 0 saturated carbocycles. The standard InChI is InChI=1S/C14H13ClFNO3S/c15-13-7-2-1-6-12(13)14(18)9-17-21(19,20)11-5-3-4-10(16)8-11/h1-8,14,17-18H,9H2. The zero-order valence-corrected chi connectivity index (χ0v) is 12.4. The first-order valence-electron chi connectivity index (χ1n) is 6.08. The SMILES string of the molecule is O=S(=O)(NCC(O)c1ccccc1Cl)c1cccc(F)c1. The third-order valence-electron chi connectivity index (χ3n) is 2.84. The first-order valence-corrected chi connectivity index (χ1v) is 7.94. The van der Waals surface area contributed by atoms with Crippen LogP contribution in [0.1, 0.15) is 11.7 Å². The van der Waals surface area contributed by atoms with Crippen molar-refractivity contribution in [3.63, 3.8) is 0 Å². The molecule has 2 N–H and O–H groups in total. The van der Waals surface area contributed by atoms with Crippen molar-refractivity contribution in [2.45, 2.75) is 11.0 Å². The van der Waals surface area contributed by atoms with Gasteiger partial charge in [-0.25, -0.2) is 17.5 Å². The van der Waals surface area contributed by atoms with Crippen LogP contribution in [0.3, 0.4) is 0 Å². The molecule has 1 unspecified atom stereocenters. The van der Waals surface area contributed by atoms with Crippen LogP contribution < -0.4 is 4.72 Å². The van der Waals surface area contributed by atoms with Crippen LogP contribution >= 0.6 is 11.6 Å². The van der Waals surface area contributed by atoms with Crippen LogP contribution in [0, 0.1) is 5.82 Å². The maximum atomic E-state index is 13.1. The average Bonchev–Trinajstić information content (AvgIpc) is 2.45. The van der Waals surface area contributed by atoms with Crippen molar-refractivity contribution in [1.29, 1.82) is 0 Å². The molecule has 0 heterocycles. The zero-order valence-electron chi connectivity index (χ0n) is 10.8. The van der Waals surface area contributed by atoms with E-state index in [1.807, 2.05) is 0 Å². The molecule has 112 valence electrons. The third kappa shape index (κ3) is 4.01. The van der Waals surface area contributed by atoms with Gasteiger partial charge < -0.3 is 5.11 Å². The van der Waals surface area contributed by atoms with Crippen LogP contribution in [0.4, 0.5) is 4.39 Å². The Bertz CT molecular complexity index is 737. The number of halogens is 2. The topological polar surface area (TPSA) is 66.4 Å². The number of benzene rings is 2. The summed E-state index contributed by atoms with van der Waals surface area (Å²) in [4.78, 5) is -0.200. The second-order valence-electron chi connectivity index (χ2n) is 4.35. The molecule has 0 amide bonds. The van der Waals surface area contributed by atoms with Crippen molar-refractivity contribution in [2.75, 3.05) is 6.54 Å². The van der Waals surface area contributed by atoms with Gasteiger partial charge in [-0.3, -0.25) is 0 Å². The fourth-order valence-electron chi connectivity index (χ4n) is 1.76. The molecule has 0 aliphatic heterocycles. The van der Waals surface area contributed by atoms with E-state index in [1.165, 1.54) is 12.1 Å². The predicted octanol–water partition coefficient (Wildman–Crippen LogP) is 2.49. The summed E-state index contributed by atoms with van der Waals surface area (Å²) < 4.78 is 39.2. The number of aliphatic hydroxyl groups is 1. The molecular formula is C14H13ClFNO3S. The first kappa shape index (κ1) is 15.9.